The number of carboxylic acids is 1. The first-order valence-electron chi connectivity index (χ1n) is 6.92. The molecular formula is C15H18N2O2. The third-order valence-corrected chi connectivity index (χ3v) is 4.12. The largest absolute Gasteiger partial charge is 0.478 e. The standard InChI is InChI=1S/C15H18N2O2/c18-15(19)12-5-6-13-14(9-12)17(10-16-13)8-7-11-3-1-2-4-11/h5-6,9-11H,1-4,7-8H2,(H,18,19). The summed E-state index contributed by atoms with van der Waals surface area (Å²) in [6.45, 7) is 0.935. The van der Waals surface area contributed by atoms with Crippen molar-refractivity contribution in [1.29, 1.82) is 0 Å². The van der Waals surface area contributed by atoms with Crippen LogP contribution in [0.4, 0.5) is 0 Å². The van der Waals surface area contributed by atoms with Gasteiger partial charge in [0.05, 0.1) is 22.9 Å². The number of carboxylic acid groups (broad SMARTS) is 1. The lowest BCUT2D eigenvalue weighted by molar-refractivity contribution is 0.0697. The first-order chi connectivity index (χ1) is 9.24. The molecule has 3 rings (SSSR count). The second kappa shape index (κ2) is 5.03. The van der Waals surface area contributed by atoms with Crippen LogP contribution in [-0.2, 0) is 6.54 Å². The van der Waals surface area contributed by atoms with Crippen LogP contribution in [0.2, 0.25) is 0 Å². The molecule has 1 saturated carbocycles. The number of rotatable bonds is 4. The second-order valence-electron chi connectivity index (χ2n) is 5.39. The zero-order chi connectivity index (χ0) is 13.2. The van der Waals surface area contributed by atoms with Gasteiger partial charge < -0.3 is 9.67 Å². The Bertz CT molecular complexity index is 597. The maximum absolute atomic E-state index is 11.0. The van der Waals surface area contributed by atoms with E-state index < -0.39 is 5.97 Å². The number of nitrogens with zero attached hydrogens (tertiary/aromatic N) is 2. The molecule has 19 heavy (non-hydrogen) atoms. The van der Waals surface area contributed by atoms with Crippen molar-refractivity contribution < 1.29 is 9.90 Å². The van der Waals surface area contributed by atoms with Crippen LogP contribution in [0, 0.1) is 5.92 Å². The molecule has 0 unspecified atom stereocenters. The molecule has 1 N–H and O–H groups in total. The fourth-order valence-electron chi connectivity index (χ4n) is 2.99. The van der Waals surface area contributed by atoms with E-state index in [1.807, 2.05) is 6.33 Å². The lowest BCUT2D eigenvalue weighted by Gasteiger charge is -2.10. The molecule has 0 radical (unpaired) electrons. The van der Waals surface area contributed by atoms with Gasteiger partial charge in [0.15, 0.2) is 0 Å². The van der Waals surface area contributed by atoms with Gasteiger partial charge in [-0.05, 0) is 30.5 Å². The molecule has 0 spiro atoms. The van der Waals surface area contributed by atoms with Crippen LogP contribution < -0.4 is 0 Å². The summed E-state index contributed by atoms with van der Waals surface area (Å²) in [5.74, 6) is -0.0504. The molecule has 2 aromatic rings. The fourth-order valence-corrected chi connectivity index (χ4v) is 2.99. The van der Waals surface area contributed by atoms with E-state index in [1.165, 1.54) is 32.1 Å². The fraction of sp³-hybridized carbons (Fsp3) is 0.467. The predicted octanol–water partition coefficient (Wildman–Crippen LogP) is 3.31. The van der Waals surface area contributed by atoms with Gasteiger partial charge in [-0.3, -0.25) is 0 Å². The van der Waals surface area contributed by atoms with Crippen molar-refractivity contribution in [1.82, 2.24) is 9.55 Å². The molecule has 4 nitrogen and oxygen atoms in total. The Morgan fingerprint density at radius 3 is 2.89 bits per heavy atom. The highest BCUT2D eigenvalue weighted by Gasteiger charge is 2.15. The monoisotopic (exact) mass is 258 g/mol. The zero-order valence-electron chi connectivity index (χ0n) is 10.9. The molecule has 0 aliphatic heterocycles. The van der Waals surface area contributed by atoms with E-state index in [0.29, 0.717) is 5.56 Å². The topological polar surface area (TPSA) is 55.1 Å². The average Bonchev–Trinajstić information content (AvgIpc) is 3.05. The van der Waals surface area contributed by atoms with Crippen LogP contribution in [0.15, 0.2) is 24.5 Å². The number of carbonyl (C=O) groups is 1. The predicted molar refractivity (Wildman–Crippen MR) is 73.3 cm³/mol. The van der Waals surface area contributed by atoms with Gasteiger partial charge in [0.25, 0.3) is 0 Å². The summed E-state index contributed by atoms with van der Waals surface area (Å²) in [7, 11) is 0. The van der Waals surface area contributed by atoms with Crippen molar-refractivity contribution >= 4 is 17.0 Å². The number of benzene rings is 1. The summed E-state index contributed by atoms with van der Waals surface area (Å²) in [5.41, 5.74) is 2.13. The summed E-state index contributed by atoms with van der Waals surface area (Å²) in [6, 6.07) is 5.11. The summed E-state index contributed by atoms with van der Waals surface area (Å²) in [4.78, 5) is 15.3. The molecule has 1 aromatic carbocycles. The summed E-state index contributed by atoms with van der Waals surface area (Å²) >= 11 is 0. The Hall–Kier alpha value is -1.84. The number of hydrogen-bond donors (Lipinski definition) is 1. The Kier molecular flexibility index (Phi) is 3.23. The van der Waals surface area contributed by atoms with Crippen LogP contribution in [-0.4, -0.2) is 20.6 Å². The number of aromatic carboxylic acids is 1. The van der Waals surface area contributed by atoms with Crippen molar-refractivity contribution in [3.05, 3.63) is 30.1 Å². The molecule has 0 atom stereocenters. The van der Waals surface area contributed by atoms with Crippen LogP contribution in [0.1, 0.15) is 42.5 Å². The van der Waals surface area contributed by atoms with Crippen molar-refractivity contribution in [2.24, 2.45) is 5.92 Å². The van der Waals surface area contributed by atoms with E-state index in [-0.39, 0.29) is 0 Å². The van der Waals surface area contributed by atoms with Gasteiger partial charge in [0.2, 0.25) is 0 Å². The molecule has 1 aliphatic carbocycles. The Morgan fingerprint density at radius 2 is 2.16 bits per heavy atom. The van der Waals surface area contributed by atoms with Crippen LogP contribution >= 0.6 is 0 Å². The molecule has 0 saturated heterocycles. The van der Waals surface area contributed by atoms with Gasteiger partial charge in [-0.2, -0.15) is 0 Å². The van der Waals surface area contributed by atoms with Crippen molar-refractivity contribution in [2.75, 3.05) is 0 Å². The molecule has 4 heteroatoms. The summed E-state index contributed by atoms with van der Waals surface area (Å²) in [6.07, 6.45) is 8.39. The number of imidazole rings is 1. The number of fused-ring (bicyclic) bond motifs is 1. The van der Waals surface area contributed by atoms with Crippen LogP contribution in [0.3, 0.4) is 0 Å². The SMILES string of the molecule is O=C(O)c1ccc2ncn(CCC3CCCC3)c2c1. The number of aromatic nitrogens is 2. The molecule has 0 amide bonds. The van der Waals surface area contributed by atoms with Crippen molar-refractivity contribution in [3.8, 4) is 0 Å². The first-order valence-corrected chi connectivity index (χ1v) is 6.92. The molecule has 1 aromatic heterocycles. The van der Waals surface area contributed by atoms with E-state index in [9.17, 15) is 4.79 Å². The molecular weight excluding hydrogens is 240 g/mol. The lowest BCUT2D eigenvalue weighted by Crippen LogP contribution is -2.03. The maximum atomic E-state index is 11.0. The summed E-state index contributed by atoms with van der Waals surface area (Å²) in [5, 5.41) is 9.05. The van der Waals surface area contributed by atoms with Gasteiger partial charge >= 0.3 is 5.97 Å². The highest BCUT2D eigenvalue weighted by atomic mass is 16.4. The van der Waals surface area contributed by atoms with Crippen LogP contribution in [0.25, 0.3) is 11.0 Å². The number of aryl methyl sites for hydroxylation is 1. The van der Waals surface area contributed by atoms with E-state index in [1.54, 1.807) is 18.2 Å². The highest BCUT2D eigenvalue weighted by molar-refractivity contribution is 5.92. The third kappa shape index (κ3) is 2.48. The average molecular weight is 258 g/mol. The smallest absolute Gasteiger partial charge is 0.335 e. The molecule has 1 fully saturated rings. The molecule has 100 valence electrons. The van der Waals surface area contributed by atoms with Crippen molar-refractivity contribution in [2.45, 2.75) is 38.6 Å². The Balaban J connectivity index is 1.81. The molecule has 1 aliphatic rings. The normalized spacial score (nSPS) is 16.2. The number of hydrogen-bond acceptors (Lipinski definition) is 2. The Labute approximate surface area is 112 Å². The minimum Gasteiger partial charge on any atom is -0.478 e. The van der Waals surface area contributed by atoms with Crippen LogP contribution in [0.5, 0.6) is 0 Å². The molecule has 1 heterocycles. The lowest BCUT2D eigenvalue weighted by atomic mass is 10.0. The quantitative estimate of drug-likeness (QED) is 0.915. The van der Waals surface area contributed by atoms with Crippen molar-refractivity contribution in [3.63, 3.8) is 0 Å². The van der Waals surface area contributed by atoms with Gasteiger partial charge in [0, 0.05) is 6.54 Å². The van der Waals surface area contributed by atoms with E-state index in [4.69, 9.17) is 5.11 Å². The van der Waals surface area contributed by atoms with Gasteiger partial charge in [-0.25, -0.2) is 9.78 Å². The maximum Gasteiger partial charge on any atom is 0.335 e. The van der Waals surface area contributed by atoms with E-state index in [0.717, 1.165) is 23.5 Å². The molecule has 0 bridgehead atoms. The minimum atomic E-state index is -0.884. The summed E-state index contributed by atoms with van der Waals surface area (Å²) < 4.78 is 2.08. The van der Waals surface area contributed by atoms with E-state index >= 15 is 0 Å². The van der Waals surface area contributed by atoms with Gasteiger partial charge in [-0.15, -0.1) is 0 Å². The highest BCUT2D eigenvalue weighted by Crippen LogP contribution is 2.28. The third-order valence-electron chi connectivity index (χ3n) is 4.12. The van der Waals surface area contributed by atoms with Gasteiger partial charge in [0.1, 0.15) is 0 Å². The Morgan fingerprint density at radius 1 is 1.37 bits per heavy atom. The van der Waals surface area contributed by atoms with E-state index in [2.05, 4.69) is 9.55 Å². The van der Waals surface area contributed by atoms with Gasteiger partial charge in [-0.1, -0.05) is 25.7 Å². The second-order valence-corrected chi connectivity index (χ2v) is 5.39. The zero-order valence-corrected chi connectivity index (χ0v) is 10.9. The minimum absolute atomic E-state index is 0.329. The first kappa shape index (κ1) is 12.2.